The van der Waals surface area contributed by atoms with Crippen LogP contribution in [0.3, 0.4) is 0 Å². The number of benzene rings is 1. The molecule has 0 aromatic heterocycles. The van der Waals surface area contributed by atoms with Gasteiger partial charge >= 0.3 is 5.97 Å². The van der Waals surface area contributed by atoms with Crippen molar-refractivity contribution in [1.82, 2.24) is 4.90 Å². The van der Waals surface area contributed by atoms with Crippen LogP contribution in [0.15, 0.2) is 18.2 Å². The lowest BCUT2D eigenvalue weighted by Crippen LogP contribution is -2.38. The Kier molecular flexibility index (Phi) is 2.83. The van der Waals surface area contributed by atoms with Crippen molar-refractivity contribution in [3.63, 3.8) is 0 Å². The van der Waals surface area contributed by atoms with Gasteiger partial charge in [-0.25, -0.2) is 4.79 Å². The summed E-state index contributed by atoms with van der Waals surface area (Å²) in [5.41, 5.74) is 0.990. The summed E-state index contributed by atoms with van der Waals surface area (Å²) in [6.45, 7) is 5.60. The van der Waals surface area contributed by atoms with Crippen molar-refractivity contribution in [3.8, 4) is 5.75 Å². The number of carboxylic acids is 1. The summed E-state index contributed by atoms with van der Waals surface area (Å²) in [7, 11) is 2.03. The minimum absolute atomic E-state index is 0.268. The molecule has 0 fully saturated rings. The van der Waals surface area contributed by atoms with Gasteiger partial charge in [0.25, 0.3) is 0 Å². The second kappa shape index (κ2) is 4.04. The number of hydrogen-bond donors (Lipinski definition) is 1. The maximum absolute atomic E-state index is 10.9. The number of aromatic carboxylic acids is 1. The molecule has 0 saturated heterocycles. The smallest absolute Gasteiger partial charge is 0.335 e. The van der Waals surface area contributed by atoms with Crippen LogP contribution in [0.4, 0.5) is 0 Å². The zero-order chi connectivity index (χ0) is 12.6. The first-order valence-corrected chi connectivity index (χ1v) is 5.61. The van der Waals surface area contributed by atoms with Crippen LogP contribution in [0.25, 0.3) is 0 Å². The van der Waals surface area contributed by atoms with Crippen LogP contribution < -0.4 is 4.74 Å². The predicted molar refractivity (Wildman–Crippen MR) is 64.4 cm³/mol. The van der Waals surface area contributed by atoms with Gasteiger partial charge in [-0.3, -0.25) is 4.90 Å². The van der Waals surface area contributed by atoms with Crippen LogP contribution in [-0.4, -0.2) is 35.2 Å². The van der Waals surface area contributed by atoms with Gasteiger partial charge in [0.05, 0.1) is 5.56 Å². The number of ether oxygens (including phenoxy) is 1. The zero-order valence-corrected chi connectivity index (χ0v) is 10.4. The van der Waals surface area contributed by atoms with Crippen molar-refractivity contribution >= 4 is 5.97 Å². The number of fused-ring (bicyclic) bond motifs is 1. The Balaban J connectivity index is 2.43. The molecule has 0 unspecified atom stereocenters. The molecule has 1 aliphatic heterocycles. The average molecular weight is 235 g/mol. The van der Waals surface area contributed by atoms with Gasteiger partial charge in [-0.05, 0) is 33.0 Å². The van der Waals surface area contributed by atoms with Crippen molar-refractivity contribution in [3.05, 3.63) is 29.3 Å². The maximum atomic E-state index is 10.9. The summed E-state index contributed by atoms with van der Waals surface area (Å²) in [6, 6.07) is 5.06. The lowest BCUT2D eigenvalue weighted by molar-refractivity contribution is 0.0689. The number of nitrogens with zero attached hydrogens (tertiary/aromatic N) is 1. The third kappa shape index (κ3) is 2.58. The van der Waals surface area contributed by atoms with Crippen molar-refractivity contribution in [1.29, 1.82) is 0 Å². The molecule has 1 aromatic carbocycles. The summed E-state index contributed by atoms with van der Waals surface area (Å²) in [6.07, 6.45) is 0. The van der Waals surface area contributed by atoms with E-state index in [0.29, 0.717) is 5.75 Å². The average Bonchev–Trinajstić information content (AvgIpc) is 2.29. The molecule has 0 atom stereocenters. The van der Waals surface area contributed by atoms with Crippen LogP contribution in [0.2, 0.25) is 0 Å². The molecule has 0 saturated carbocycles. The predicted octanol–water partition coefficient (Wildman–Crippen LogP) is 1.99. The van der Waals surface area contributed by atoms with Gasteiger partial charge < -0.3 is 9.84 Å². The first kappa shape index (κ1) is 11.9. The van der Waals surface area contributed by atoms with Gasteiger partial charge in [0.2, 0.25) is 0 Å². The molecule has 4 heteroatoms. The van der Waals surface area contributed by atoms with E-state index in [-0.39, 0.29) is 11.2 Å². The normalized spacial score (nSPS) is 19.0. The molecule has 1 N–H and O–H groups in total. The molecule has 92 valence electrons. The van der Waals surface area contributed by atoms with E-state index in [1.54, 1.807) is 12.1 Å². The molecule has 0 spiro atoms. The quantitative estimate of drug-likeness (QED) is 0.808. The summed E-state index contributed by atoms with van der Waals surface area (Å²) in [4.78, 5) is 13.1. The Morgan fingerprint density at radius 2 is 2.18 bits per heavy atom. The van der Waals surface area contributed by atoms with Gasteiger partial charge in [0.1, 0.15) is 11.4 Å². The number of hydrogen-bond acceptors (Lipinski definition) is 3. The Morgan fingerprint density at radius 1 is 1.47 bits per heavy atom. The van der Waals surface area contributed by atoms with Gasteiger partial charge in [-0.1, -0.05) is 6.07 Å². The molecule has 0 amide bonds. The molecule has 17 heavy (non-hydrogen) atoms. The molecule has 2 rings (SSSR count). The second-order valence-corrected chi connectivity index (χ2v) is 5.16. The van der Waals surface area contributed by atoms with E-state index in [0.717, 1.165) is 18.7 Å². The lowest BCUT2D eigenvalue weighted by Gasteiger charge is -2.27. The molecule has 0 radical (unpaired) electrons. The maximum Gasteiger partial charge on any atom is 0.335 e. The van der Waals surface area contributed by atoms with Gasteiger partial charge in [0, 0.05) is 18.7 Å². The van der Waals surface area contributed by atoms with Crippen molar-refractivity contribution in [2.75, 3.05) is 13.6 Å². The highest BCUT2D eigenvalue weighted by atomic mass is 16.5. The van der Waals surface area contributed by atoms with E-state index in [1.807, 2.05) is 27.0 Å². The third-order valence-corrected chi connectivity index (χ3v) is 2.79. The van der Waals surface area contributed by atoms with Gasteiger partial charge in [-0.2, -0.15) is 0 Å². The highest BCUT2D eigenvalue weighted by molar-refractivity contribution is 5.88. The minimum atomic E-state index is -0.924. The second-order valence-electron chi connectivity index (χ2n) is 5.16. The first-order chi connectivity index (χ1) is 7.87. The van der Waals surface area contributed by atoms with E-state index in [4.69, 9.17) is 9.84 Å². The zero-order valence-electron chi connectivity index (χ0n) is 10.4. The standard InChI is InChI=1S/C13H17NO3/c1-13(2)8-14(3)7-10-5-4-9(12(15)16)6-11(10)17-13/h4-6H,7-8H2,1-3H3,(H,15,16). The van der Waals surface area contributed by atoms with Crippen LogP contribution in [0.1, 0.15) is 29.8 Å². The number of rotatable bonds is 1. The van der Waals surface area contributed by atoms with E-state index >= 15 is 0 Å². The van der Waals surface area contributed by atoms with Crippen LogP contribution >= 0.6 is 0 Å². The summed E-state index contributed by atoms with van der Waals surface area (Å²) < 4.78 is 5.90. The van der Waals surface area contributed by atoms with Crippen molar-refractivity contribution < 1.29 is 14.6 Å². The van der Waals surface area contributed by atoms with E-state index in [2.05, 4.69) is 4.90 Å². The van der Waals surface area contributed by atoms with Gasteiger partial charge in [-0.15, -0.1) is 0 Å². The van der Waals surface area contributed by atoms with Gasteiger partial charge in [0.15, 0.2) is 0 Å². The van der Waals surface area contributed by atoms with E-state index in [9.17, 15) is 4.79 Å². The Labute approximate surface area is 101 Å². The molecular weight excluding hydrogens is 218 g/mol. The lowest BCUT2D eigenvalue weighted by atomic mass is 10.1. The van der Waals surface area contributed by atoms with Crippen molar-refractivity contribution in [2.45, 2.75) is 26.0 Å². The van der Waals surface area contributed by atoms with E-state index in [1.165, 1.54) is 0 Å². The molecular formula is C13H17NO3. The highest BCUT2D eigenvalue weighted by Crippen LogP contribution is 2.29. The SMILES string of the molecule is CN1Cc2ccc(C(=O)O)cc2OC(C)(C)C1. The molecule has 1 heterocycles. The van der Waals surface area contributed by atoms with E-state index < -0.39 is 5.97 Å². The first-order valence-electron chi connectivity index (χ1n) is 5.61. The fraction of sp³-hybridized carbons (Fsp3) is 0.462. The molecule has 0 bridgehead atoms. The molecule has 1 aromatic rings. The summed E-state index contributed by atoms with van der Waals surface area (Å²) >= 11 is 0. The van der Waals surface area contributed by atoms with Crippen LogP contribution in [0, 0.1) is 0 Å². The Morgan fingerprint density at radius 3 is 2.82 bits per heavy atom. The summed E-state index contributed by atoms with van der Waals surface area (Å²) in [5.74, 6) is -0.244. The molecule has 1 aliphatic rings. The van der Waals surface area contributed by atoms with Crippen molar-refractivity contribution in [2.24, 2.45) is 0 Å². The monoisotopic (exact) mass is 235 g/mol. The largest absolute Gasteiger partial charge is 0.486 e. The highest BCUT2D eigenvalue weighted by Gasteiger charge is 2.27. The number of carboxylic acid groups (broad SMARTS) is 1. The third-order valence-electron chi connectivity index (χ3n) is 2.79. The molecule has 0 aliphatic carbocycles. The fourth-order valence-electron chi connectivity index (χ4n) is 2.24. The van der Waals surface area contributed by atoms with Crippen LogP contribution in [0.5, 0.6) is 5.75 Å². The minimum Gasteiger partial charge on any atom is -0.486 e. The summed E-state index contributed by atoms with van der Waals surface area (Å²) in [5, 5.41) is 8.97. The molecule has 4 nitrogen and oxygen atoms in total. The van der Waals surface area contributed by atoms with Crippen LogP contribution in [-0.2, 0) is 6.54 Å². The Hall–Kier alpha value is -1.55. The fourth-order valence-corrected chi connectivity index (χ4v) is 2.24. The number of carbonyl (C=O) groups is 1. The Bertz CT molecular complexity index is 454. The topological polar surface area (TPSA) is 49.8 Å². The number of likely N-dealkylation sites (N-methyl/N-ethyl adjacent to an activating group) is 1.